The first-order valence-corrected chi connectivity index (χ1v) is 8.27. The molecule has 0 fully saturated rings. The molecule has 0 amide bonds. The van der Waals surface area contributed by atoms with Gasteiger partial charge in [-0.25, -0.2) is 4.98 Å². The normalized spacial score (nSPS) is 11.8. The van der Waals surface area contributed by atoms with E-state index in [1.165, 1.54) is 18.4 Å². The lowest BCUT2D eigenvalue weighted by atomic mass is 10.3. The molecule has 0 aliphatic rings. The summed E-state index contributed by atoms with van der Waals surface area (Å²) in [5.41, 5.74) is 2.25. The number of unbranched alkanes of at least 4 members (excludes halogenated alkanes) is 1. The van der Waals surface area contributed by atoms with Crippen molar-refractivity contribution in [2.24, 2.45) is 4.99 Å². The van der Waals surface area contributed by atoms with Gasteiger partial charge in [-0.15, -0.1) is 0 Å². The van der Waals surface area contributed by atoms with Crippen molar-refractivity contribution in [2.75, 3.05) is 19.6 Å². The molecule has 0 atom stereocenters. The number of benzene rings is 1. The molecule has 0 bridgehead atoms. The first kappa shape index (κ1) is 16.3. The highest BCUT2D eigenvalue weighted by atomic mass is 15.2. The summed E-state index contributed by atoms with van der Waals surface area (Å²) >= 11 is 0. The van der Waals surface area contributed by atoms with Gasteiger partial charge in [0.05, 0.1) is 17.4 Å². The molecule has 0 saturated heterocycles. The van der Waals surface area contributed by atoms with Gasteiger partial charge in [0.1, 0.15) is 0 Å². The molecule has 1 heterocycles. The summed E-state index contributed by atoms with van der Waals surface area (Å²) in [7, 11) is 0. The fraction of sp³-hybridized carbons (Fsp3) is 0.529. The smallest absolute Gasteiger partial charge is 0.191 e. The standard InChI is InChI=1S/C17H27N5/c1-3-5-11-19-17(18-4-2)20-12-8-13-22-14-21-15-9-6-7-10-16(15)22/h6-7,9-10,14H,3-5,8,11-13H2,1-2H3,(H2,18,19,20). The van der Waals surface area contributed by atoms with E-state index in [2.05, 4.69) is 51.2 Å². The Hall–Kier alpha value is -2.04. The molecule has 0 radical (unpaired) electrons. The van der Waals surface area contributed by atoms with Crippen LogP contribution in [-0.2, 0) is 6.54 Å². The predicted molar refractivity (Wildman–Crippen MR) is 93.2 cm³/mol. The number of rotatable bonds is 8. The quantitative estimate of drug-likeness (QED) is 0.448. The number of aryl methyl sites for hydroxylation is 1. The first-order valence-electron chi connectivity index (χ1n) is 8.27. The highest BCUT2D eigenvalue weighted by Gasteiger charge is 2.01. The van der Waals surface area contributed by atoms with Gasteiger partial charge in [0, 0.05) is 26.2 Å². The molecule has 1 aromatic heterocycles. The Morgan fingerprint density at radius 3 is 2.86 bits per heavy atom. The number of hydrogen-bond donors (Lipinski definition) is 2. The van der Waals surface area contributed by atoms with Crippen molar-refractivity contribution in [3.8, 4) is 0 Å². The van der Waals surface area contributed by atoms with Crippen LogP contribution in [0.5, 0.6) is 0 Å². The molecule has 2 aromatic rings. The van der Waals surface area contributed by atoms with Crippen molar-refractivity contribution >= 4 is 17.0 Å². The molecule has 2 rings (SSSR count). The number of nitrogens with one attached hydrogen (secondary N) is 2. The molecule has 0 saturated carbocycles. The lowest BCUT2D eigenvalue weighted by Gasteiger charge is -2.10. The van der Waals surface area contributed by atoms with Gasteiger partial charge in [-0.2, -0.15) is 0 Å². The first-order chi connectivity index (χ1) is 10.8. The van der Waals surface area contributed by atoms with Gasteiger partial charge < -0.3 is 15.2 Å². The van der Waals surface area contributed by atoms with E-state index in [0.717, 1.165) is 44.1 Å². The zero-order valence-corrected chi connectivity index (χ0v) is 13.7. The van der Waals surface area contributed by atoms with Crippen LogP contribution in [0.25, 0.3) is 11.0 Å². The molecule has 2 N–H and O–H groups in total. The van der Waals surface area contributed by atoms with Crippen molar-refractivity contribution in [1.29, 1.82) is 0 Å². The minimum atomic E-state index is 0.813. The van der Waals surface area contributed by atoms with E-state index >= 15 is 0 Å². The third-order valence-corrected chi connectivity index (χ3v) is 3.52. The third kappa shape index (κ3) is 4.76. The molecule has 0 spiro atoms. The summed E-state index contributed by atoms with van der Waals surface area (Å²) < 4.78 is 2.20. The zero-order chi connectivity index (χ0) is 15.6. The average Bonchev–Trinajstić information content (AvgIpc) is 2.95. The van der Waals surface area contributed by atoms with Gasteiger partial charge in [-0.3, -0.25) is 4.99 Å². The Morgan fingerprint density at radius 2 is 2.05 bits per heavy atom. The number of nitrogens with zero attached hydrogens (tertiary/aromatic N) is 3. The van der Waals surface area contributed by atoms with Crippen molar-refractivity contribution in [1.82, 2.24) is 20.2 Å². The van der Waals surface area contributed by atoms with E-state index < -0.39 is 0 Å². The van der Waals surface area contributed by atoms with Crippen LogP contribution >= 0.6 is 0 Å². The third-order valence-electron chi connectivity index (χ3n) is 3.52. The summed E-state index contributed by atoms with van der Waals surface area (Å²) in [5, 5.41) is 6.65. The summed E-state index contributed by atoms with van der Waals surface area (Å²) in [6, 6.07) is 8.24. The second-order valence-corrected chi connectivity index (χ2v) is 5.32. The van der Waals surface area contributed by atoms with Crippen molar-refractivity contribution in [3.63, 3.8) is 0 Å². The van der Waals surface area contributed by atoms with Crippen LogP contribution in [0.15, 0.2) is 35.6 Å². The van der Waals surface area contributed by atoms with Gasteiger partial charge in [0.15, 0.2) is 5.96 Å². The predicted octanol–water partition coefficient (Wildman–Crippen LogP) is 2.78. The lowest BCUT2D eigenvalue weighted by Crippen LogP contribution is -2.37. The van der Waals surface area contributed by atoms with Crippen LogP contribution < -0.4 is 10.6 Å². The van der Waals surface area contributed by atoms with Crippen LogP contribution in [0.2, 0.25) is 0 Å². The monoisotopic (exact) mass is 301 g/mol. The highest BCUT2D eigenvalue weighted by Crippen LogP contribution is 2.11. The van der Waals surface area contributed by atoms with Crippen molar-refractivity contribution in [3.05, 3.63) is 30.6 Å². The van der Waals surface area contributed by atoms with Crippen LogP contribution in [0.3, 0.4) is 0 Å². The summed E-state index contributed by atoms with van der Waals surface area (Å²) in [5.74, 6) is 0.923. The molecule has 5 heteroatoms. The minimum Gasteiger partial charge on any atom is -0.357 e. The van der Waals surface area contributed by atoms with E-state index in [4.69, 9.17) is 0 Å². The van der Waals surface area contributed by atoms with Gasteiger partial charge in [-0.05, 0) is 31.9 Å². The van der Waals surface area contributed by atoms with Crippen LogP contribution in [0.4, 0.5) is 0 Å². The van der Waals surface area contributed by atoms with Gasteiger partial charge >= 0.3 is 0 Å². The number of para-hydroxylation sites is 2. The lowest BCUT2D eigenvalue weighted by molar-refractivity contribution is 0.660. The number of guanidine groups is 1. The maximum absolute atomic E-state index is 4.63. The maximum Gasteiger partial charge on any atom is 0.191 e. The number of hydrogen-bond acceptors (Lipinski definition) is 2. The molecule has 5 nitrogen and oxygen atoms in total. The molecule has 22 heavy (non-hydrogen) atoms. The fourth-order valence-corrected chi connectivity index (χ4v) is 2.35. The van der Waals surface area contributed by atoms with Crippen LogP contribution in [0.1, 0.15) is 33.1 Å². The van der Waals surface area contributed by atoms with E-state index in [1.54, 1.807) is 0 Å². The van der Waals surface area contributed by atoms with Gasteiger partial charge in [0.2, 0.25) is 0 Å². The van der Waals surface area contributed by atoms with Crippen LogP contribution in [0, 0.1) is 0 Å². The molecular weight excluding hydrogens is 274 g/mol. The van der Waals surface area contributed by atoms with E-state index in [9.17, 15) is 0 Å². The molecule has 0 aliphatic carbocycles. The Bertz CT molecular complexity index is 588. The average molecular weight is 301 g/mol. The Morgan fingerprint density at radius 1 is 1.18 bits per heavy atom. The fourth-order valence-electron chi connectivity index (χ4n) is 2.35. The maximum atomic E-state index is 4.63. The zero-order valence-electron chi connectivity index (χ0n) is 13.7. The van der Waals surface area contributed by atoms with E-state index in [0.29, 0.717) is 0 Å². The SMILES string of the molecule is CCCCNC(=NCCCn1cnc2ccccc21)NCC. The van der Waals surface area contributed by atoms with Crippen molar-refractivity contribution < 1.29 is 0 Å². The number of imidazole rings is 1. The summed E-state index contributed by atoms with van der Waals surface area (Å²) in [6.07, 6.45) is 5.29. The second-order valence-electron chi connectivity index (χ2n) is 5.32. The molecule has 0 unspecified atom stereocenters. The second kappa shape index (κ2) is 9.07. The molecule has 1 aromatic carbocycles. The summed E-state index contributed by atoms with van der Waals surface area (Å²) in [6.45, 7) is 7.92. The number of fused-ring (bicyclic) bond motifs is 1. The van der Waals surface area contributed by atoms with E-state index in [1.807, 2.05) is 18.5 Å². The van der Waals surface area contributed by atoms with Gasteiger partial charge in [0.25, 0.3) is 0 Å². The summed E-state index contributed by atoms with van der Waals surface area (Å²) in [4.78, 5) is 9.04. The number of aromatic nitrogens is 2. The molecular formula is C17H27N5. The highest BCUT2D eigenvalue weighted by molar-refractivity contribution is 5.79. The Kier molecular flexibility index (Phi) is 6.74. The van der Waals surface area contributed by atoms with E-state index in [-0.39, 0.29) is 0 Å². The Balaban J connectivity index is 1.82. The van der Waals surface area contributed by atoms with Crippen molar-refractivity contribution in [2.45, 2.75) is 39.7 Å². The Labute approximate surface area is 132 Å². The number of aliphatic imine (C=N–C) groups is 1. The van der Waals surface area contributed by atoms with Gasteiger partial charge in [-0.1, -0.05) is 25.5 Å². The largest absolute Gasteiger partial charge is 0.357 e. The minimum absolute atomic E-state index is 0.813. The van der Waals surface area contributed by atoms with Crippen LogP contribution in [-0.4, -0.2) is 35.1 Å². The topological polar surface area (TPSA) is 54.2 Å². The molecule has 120 valence electrons. The molecule has 0 aliphatic heterocycles.